The standard InChI is InChI=1S/C12H15N3O/c1-9-7-15(12(13)14-9)11-5-3-4-10(6-11)8-16-2/h3-7H,8H2,1-2H3,(H2,13,14). The monoisotopic (exact) mass is 217 g/mol. The van der Waals surface area contributed by atoms with Crippen molar-refractivity contribution in [2.75, 3.05) is 12.8 Å². The Labute approximate surface area is 94.7 Å². The number of ether oxygens (including phenoxy) is 1. The smallest absolute Gasteiger partial charge is 0.205 e. The van der Waals surface area contributed by atoms with Crippen LogP contribution in [0.5, 0.6) is 0 Å². The van der Waals surface area contributed by atoms with E-state index in [0.29, 0.717) is 12.6 Å². The Kier molecular flexibility index (Phi) is 2.92. The summed E-state index contributed by atoms with van der Waals surface area (Å²) in [7, 11) is 1.68. The fraction of sp³-hybridized carbons (Fsp3) is 0.250. The molecule has 84 valence electrons. The third kappa shape index (κ3) is 2.06. The Balaban J connectivity index is 2.40. The Bertz CT molecular complexity index is 491. The predicted octanol–water partition coefficient (Wildman–Crippen LogP) is 1.91. The van der Waals surface area contributed by atoms with Crippen molar-refractivity contribution >= 4 is 5.95 Å². The van der Waals surface area contributed by atoms with Crippen molar-refractivity contribution in [3.8, 4) is 5.69 Å². The number of nitrogens with two attached hydrogens (primary N) is 1. The number of nitrogens with zero attached hydrogens (tertiary/aromatic N) is 2. The van der Waals surface area contributed by atoms with Gasteiger partial charge in [-0.15, -0.1) is 0 Å². The second-order valence-corrected chi connectivity index (χ2v) is 3.71. The van der Waals surface area contributed by atoms with Crippen LogP contribution in [0.2, 0.25) is 0 Å². The number of aryl methyl sites for hydroxylation is 1. The summed E-state index contributed by atoms with van der Waals surface area (Å²) in [6, 6.07) is 8.04. The molecule has 2 aromatic rings. The van der Waals surface area contributed by atoms with Crippen LogP contribution in [0.3, 0.4) is 0 Å². The van der Waals surface area contributed by atoms with E-state index in [9.17, 15) is 0 Å². The maximum absolute atomic E-state index is 5.82. The average molecular weight is 217 g/mol. The molecule has 0 radical (unpaired) electrons. The number of methoxy groups -OCH3 is 1. The first kappa shape index (κ1) is 10.7. The molecule has 1 heterocycles. The van der Waals surface area contributed by atoms with Gasteiger partial charge in [-0.25, -0.2) is 4.98 Å². The molecular weight excluding hydrogens is 202 g/mol. The molecule has 0 unspecified atom stereocenters. The highest BCUT2D eigenvalue weighted by Crippen LogP contribution is 2.15. The summed E-state index contributed by atoms with van der Waals surface area (Å²) in [6.45, 7) is 2.52. The van der Waals surface area contributed by atoms with Crippen LogP contribution < -0.4 is 5.73 Å². The van der Waals surface area contributed by atoms with Crippen molar-refractivity contribution in [2.24, 2.45) is 0 Å². The fourth-order valence-electron chi connectivity index (χ4n) is 1.69. The Morgan fingerprint density at radius 3 is 2.88 bits per heavy atom. The summed E-state index contributed by atoms with van der Waals surface area (Å²) in [6.07, 6.45) is 1.92. The second kappa shape index (κ2) is 4.37. The maximum atomic E-state index is 5.82. The van der Waals surface area contributed by atoms with Crippen LogP contribution >= 0.6 is 0 Å². The number of rotatable bonds is 3. The fourth-order valence-corrected chi connectivity index (χ4v) is 1.69. The number of hydrogen-bond donors (Lipinski definition) is 1. The average Bonchev–Trinajstić information content (AvgIpc) is 2.59. The van der Waals surface area contributed by atoms with Gasteiger partial charge in [0.15, 0.2) is 0 Å². The third-order valence-electron chi connectivity index (χ3n) is 2.35. The minimum Gasteiger partial charge on any atom is -0.380 e. The highest BCUT2D eigenvalue weighted by molar-refractivity contribution is 5.42. The molecule has 0 bridgehead atoms. The van der Waals surface area contributed by atoms with E-state index in [0.717, 1.165) is 16.9 Å². The van der Waals surface area contributed by atoms with Crippen LogP contribution in [0.15, 0.2) is 30.5 Å². The lowest BCUT2D eigenvalue weighted by atomic mass is 10.2. The number of hydrogen-bond acceptors (Lipinski definition) is 3. The van der Waals surface area contributed by atoms with Gasteiger partial charge in [-0.3, -0.25) is 4.57 Å². The van der Waals surface area contributed by atoms with Crippen molar-refractivity contribution in [2.45, 2.75) is 13.5 Å². The molecule has 0 fully saturated rings. The molecule has 16 heavy (non-hydrogen) atoms. The molecule has 0 saturated carbocycles. The minimum absolute atomic E-state index is 0.507. The van der Waals surface area contributed by atoms with Crippen LogP contribution in [0.25, 0.3) is 5.69 Å². The highest BCUT2D eigenvalue weighted by Gasteiger charge is 2.04. The molecule has 2 rings (SSSR count). The van der Waals surface area contributed by atoms with E-state index in [4.69, 9.17) is 10.5 Å². The van der Waals surface area contributed by atoms with Gasteiger partial charge in [0.1, 0.15) is 0 Å². The van der Waals surface area contributed by atoms with Gasteiger partial charge >= 0.3 is 0 Å². The summed E-state index contributed by atoms with van der Waals surface area (Å²) in [5.41, 5.74) is 8.85. The summed E-state index contributed by atoms with van der Waals surface area (Å²) in [5, 5.41) is 0. The number of benzene rings is 1. The normalized spacial score (nSPS) is 10.6. The van der Waals surface area contributed by atoms with E-state index >= 15 is 0 Å². The van der Waals surface area contributed by atoms with E-state index in [1.807, 2.05) is 42.0 Å². The molecule has 1 aromatic carbocycles. The van der Waals surface area contributed by atoms with E-state index < -0.39 is 0 Å². The van der Waals surface area contributed by atoms with Gasteiger partial charge in [0.2, 0.25) is 5.95 Å². The number of anilines is 1. The number of aromatic nitrogens is 2. The molecule has 0 atom stereocenters. The number of imidazole rings is 1. The zero-order chi connectivity index (χ0) is 11.5. The molecule has 1 aromatic heterocycles. The Morgan fingerprint density at radius 2 is 2.25 bits per heavy atom. The SMILES string of the molecule is COCc1cccc(-n2cc(C)nc2N)c1. The lowest BCUT2D eigenvalue weighted by Gasteiger charge is -2.06. The van der Waals surface area contributed by atoms with Crippen molar-refractivity contribution in [3.05, 3.63) is 41.7 Å². The maximum Gasteiger partial charge on any atom is 0.205 e. The molecule has 0 amide bonds. The summed E-state index contributed by atoms with van der Waals surface area (Å²) in [5.74, 6) is 0.507. The molecular formula is C12H15N3O. The predicted molar refractivity (Wildman–Crippen MR) is 63.4 cm³/mol. The van der Waals surface area contributed by atoms with E-state index in [1.165, 1.54) is 0 Å². The van der Waals surface area contributed by atoms with Crippen LogP contribution in [-0.4, -0.2) is 16.7 Å². The second-order valence-electron chi connectivity index (χ2n) is 3.71. The van der Waals surface area contributed by atoms with E-state index in [-0.39, 0.29) is 0 Å². The first-order valence-electron chi connectivity index (χ1n) is 5.10. The van der Waals surface area contributed by atoms with Crippen molar-refractivity contribution in [1.82, 2.24) is 9.55 Å². The molecule has 4 heteroatoms. The van der Waals surface area contributed by atoms with Crippen molar-refractivity contribution < 1.29 is 4.74 Å². The lowest BCUT2D eigenvalue weighted by Crippen LogP contribution is -2.00. The summed E-state index contributed by atoms with van der Waals surface area (Å²) >= 11 is 0. The molecule has 0 saturated heterocycles. The van der Waals surface area contributed by atoms with Gasteiger partial charge < -0.3 is 10.5 Å². The van der Waals surface area contributed by atoms with Crippen LogP contribution in [0.1, 0.15) is 11.3 Å². The minimum atomic E-state index is 0.507. The first-order valence-corrected chi connectivity index (χ1v) is 5.10. The summed E-state index contributed by atoms with van der Waals surface area (Å²) in [4.78, 5) is 4.17. The Morgan fingerprint density at radius 1 is 1.44 bits per heavy atom. The molecule has 0 spiro atoms. The first-order chi connectivity index (χ1) is 7.70. The summed E-state index contributed by atoms with van der Waals surface area (Å²) < 4.78 is 6.97. The zero-order valence-electron chi connectivity index (χ0n) is 9.47. The molecule has 0 aliphatic carbocycles. The van der Waals surface area contributed by atoms with Gasteiger partial charge in [0.25, 0.3) is 0 Å². The topological polar surface area (TPSA) is 53.1 Å². The van der Waals surface area contributed by atoms with E-state index in [2.05, 4.69) is 4.98 Å². The molecule has 0 aliphatic rings. The van der Waals surface area contributed by atoms with Gasteiger partial charge in [0.05, 0.1) is 12.3 Å². The van der Waals surface area contributed by atoms with Crippen molar-refractivity contribution in [1.29, 1.82) is 0 Å². The van der Waals surface area contributed by atoms with Gasteiger partial charge in [-0.05, 0) is 24.6 Å². The van der Waals surface area contributed by atoms with E-state index in [1.54, 1.807) is 7.11 Å². The number of nitrogen functional groups attached to an aromatic ring is 1. The van der Waals surface area contributed by atoms with Crippen LogP contribution in [0, 0.1) is 6.92 Å². The van der Waals surface area contributed by atoms with Crippen LogP contribution in [0.4, 0.5) is 5.95 Å². The Hall–Kier alpha value is -1.81. The quantitative estimate of drug-likeness (QED) is 0.854. The van der Waals surface area contributed by atoms with Gasteiger partial charge in [0, 0.05) is 19.0 Å². The molecule has 0 aliphatic heterocycles. The zero-order valence-corrected chi connectivity index (χ0v) is 9.47. The van der Waals surface area contributed by atoms with Gasteiger partial charge in [-0.1, -0.05) is 12.1 Å². The van der Waals surface area contributed by atoms with Crippen molar-refractivity contribution in [3.63, 3.8) is 0 Å². The lowest BCUT2D eigenvalue weighted by molar-refractivity contribution is 0.185. The molecule has 2 N–H and O–H groups in total. The largest absolute Gasteiger partial charge is 0.380 e. The van der Waals surface area contributed by atoms with Gasteiger partial charge in [-0.2, -0.15) is 0 Å². The highest BCUT2D eigenvalue weighted by atomic mass is 16.5. The van der Waals surface area contributed by atoms with Crippen LogP contribution in [-0.2, 0) is 11.3 Å². The molecule has 4 nitrogen and oxygen atoms in total. The third-order valence-corrected chi connectivity index (χ3v) is 2.35.